The summed E-state index contributed by atoms with van der Waals surface area (Å²) in [5.74, 6) is -1.02. The van der Waals surface area contributed by atoms with Gasteiger partial charge in [0.25, 0.3) is 0 Å². The van der Waals surface area contributed by atoms with Crippen molar-refractivity contribution in [2.24, 2.45) is 0 Å². The van der Waals surface area contributed by atoms with Crippen LogP contribution in [-0.2, 0) is 12.0 Å². The molecule has 21 heavy (non-hydrogen) atoms. The van der Waals surface area contributed by atoms with Gasteiger partial charge in [-0.05, 0) is 22.6 Å². The molecule has 1 aromatic carbocycles. The van der Waals surface area contributed by atoms with Crippen LogP contribution < -0.4 is 0 Å². The van der Waals surface area contributed by atoms with Gasteiger partial charge in [0.1, 0.15) is 0 Å². The molecule has 4 nitrogen and oxygen atoms in total. The van der Waals surface area contributed by atoms with E-state index in [-0.39, 0.29) is 11.1 Å². The summed E-state index contributed by atoms with van der Waals surface area (Å²) in [5.41, 5.74) is 3.11. The monoisotopic (exact) mass is 284 g/mol. The smallest absolute Gasteiger partial charge is 0.356 e. The summed E-state index contributed by atoms with van der Waals surface area (Å²) in [5, 5.41) is 13.2. The molecule has 4 heteroatoms. The fourth-order valence-corrected chi connectivity index (χ4v) is 2.16. The Labute approximate surface area is 124 Å². The maximum absolute atomic E-state index is 11.1. The molecule has 0 aliphatic heterocycles. The zero-order chi connectivity index (χ0) is 15.6. The van der Waals surface area contributed by atoms with E-state index in [0.29, 0.717) is 6.54 Å². The van der Waals surface area contributed by atoms with Crippen LogP contribution in [0.2, 0.25) is 0 Å². The molecule has 0 bridgehead atoms. The molecular weight excluding hydrogens is 264 g/mol. The average molecular weight is 284 g/mol. The van der Waals surface area contributed by atoms with E-state index in [1.165, 1.54) is 5.56 Å². The molecule has 0 saturated heterocycles. The second-order valence-electron chi connectivity index (χ2n) is 6.02. The number of aromatic nitrogens is 2. The predicted octanol–water partition coefficient (Wildman–Crippen LogP) is 3.73. The molecule has 0 atom stereocenters. The van der Waals surface area contributed by atoms with Gasteiger partial charge in [-0.25, -0.2) is 4.79 Å². The number of hydrogen-bond donors (Lipinski definition) is 1. The fourth-order valence-electron chi connectivity index (χ4n) is 2.16. The third-order valence-corrected chi connectivity index (χ3v) is 3.35. The summed E-state index contributed by atoms with van der Waals surface area (Å²) < 4.78 is 1.66. The first-order chi connectivity index (χ1) is 9.82. The Bertz CT molecular complexity index is 661. The lowest BCUT2D eigenvalue weighted by atomic mass is 9.86. The SMILES string of the molecule is C=CCn1nc(C(=O)O)cc1-c1ccc(C(C)(C)C)cc1. The molecule has 0 radical (unpaired) electrons. The van der Waals surface area contributed by atoms with Gasteiger partial charge in [0.2, 0.25) is 0 Å². The second-order valence-corrected chi connectivity index (χ2v) is 6.02. The highest BCUT2D eigenvalue weighted by Crippen LogP contribution is 2.26. The van der Waals surface area contributed by atoms with Gasteiger partial charge in [0, 0.05) is 0 Å². The number of carbonyl (C=O) groups is 1. The summed E-state index contributed by atoms with van der Waals surface area (Å²) in [7, 11) is 0. The van der Waals surface area contributed by atoms with Crippen LogP contribution in [-0.4, -0.2) is 20.9 Å². The van der Waals surface area contributed by atoms with Gasteiger partial charge < -0.3 is 5.11 Å². The lowest BCUT2D eigenvalue weighted by molar-refractivity contribution is 0.0689. The first kappa shape index (κ1) is 15.0. The number of allylic oxidation sites excluding steroid dienone is 1. The van der Waals surface area contributed by atoms with Crippen molar-refractivity contribution in [2.75, 3.05) is 0 Å². The quantitative estimate of drug-likeness (QED) is 0.870. The van der Waals surface area contributed by atoms with Gasteiger partial charge in [-0.3, -0.25) is 4.68 Å². The molecule has 0 aliphatic rings. The van der Waals surface area contributed by atoms with Gasteiger partial charge in [0.15, 0.2) is 5.69 Å². The Balaban J connectivity index is 2.45. The molecular formula is C17H20N2O2. The topological polar surface area (TPSA) is 55.1 Å². The van der Waals surface area contributed by atoms with Gasteiger partial charge in [-0.15, -0.1) is 6.58 Å². The Morgan fingerprint density at radius 3 is 2.43 bits per heavy atom. The highest BCUT2D eigenvalue weighted by atomic mass is 16.4. The lowest BCUT2D eigenvalue weighted by Gasteiger charge is -2.19. The van der Waals surface area contributed by atoms with Gasteiger partial charge in [-0.2, -0.15) is 5.10 Å². The minimum absolute atomic E-state index is 0.0479. The molecule has 0 spiro atoms. The second kappa shape index (κ2) is 5.56. The number of nitrogens with zero attached hydrogens (tertiary/aromatic N) is 2. The van der Waals surface area contributed by atoms with Crippen LogP contribution in [0.15, 0.2) is 43.0 Å². The van der Waals surface area contributed by atoms with E-state index < -0.39 is 5.97 Å². The number of hydrogen-bond acceptors (Lipinski definition) is 2. The van der Waals surface area contributed by atoms with Crippen LogP contribution in [0.4, 0.5) is 0 Å². The van der Waals surface area contributed by atoms with E-state index in [1.54, 1.807) is 16.8 Å². The van der Waals surface area contributed by atoms with E-state index in [2.05, 4.69) is 44.6 Å². The summed E-state index contributed by atoms with van der Waals surface area (Å²) >= 11 is 0. The molecule has 1 heterocycles. The van der Waals surface area contributed by atoms with E-state index in [4.69, 9.17) is 5.11 Å². The number of carboxylic acid groups (broad SMARTS) is 1. The summed E-state index contributed by atoms with van der Waals surface area (Å²) in [6.07, 6.45) is 1.70. The van der Waals surface area contributed by atoms with Crippen LogP contribution in [0.3, 0.4) is 0 Å². The third kappa shape index (κ3) is 3.21. The summed E-state index contributed by atoms with van der Waals surface area (Å²) in [4.78, 5) is 11.1. The average Bonchev–Trinajstić information content (AvgIpc) is 2.83. The zero-order valence-electron chi connectivity index (χ0n) is 12.6. The van der Waals surface area contributed by atoms with Crippen molar-refractivity contribution in [1.29, 1.82) is 0 Å². The van der Waals surface area contributed by atoms with E-state index in [9.17, 15) is 4.79 Å². The van der Waals surface area contributed by atoms with E-state index in [0.717, 1.165) is 11.3 Å². The maximum atomic E-state index is 11.1. The number of rotatable bonds is 4. The Hall–Kier alpha value is -2.36. The first-order valence-corrected chi connectivity index (χ1v) is 6.86. The number of benzene rings is 1. The molecule has 1 N–H and O–H groups in total. The van der Waals surface area contributed by atoms with Crippen LogP contribution >= 0.6 is 0 Å². The van der Waals surface area contributed by atoms with E-state index in [1.807, 2.05) is 12.1 Å². The van der Waals surface area contributed by atoms with Gasteiger partial charge in [-0.1, -0.05) is 51.1 Å². The fraction of sp³-hybridized carbons (Fsp3) is 0.294. The van der Waals surface area contributed by atoms with E-state index >= 15 is 0 Å². The summed E-state index contributed by atoms with van der Waals surface area (Å²) in [6.45, 7) is 10.6. The molecule has 0 saturated carbocycles. The standard InChI is InChI=1S/C17H20N2O2/c1-5-10-19-15(11-14(18-19)16(20)21)12-6-8-13(9-7-12)17(2,3)4/h5-9,11H,1,10H2,2-4H3,(H,20,21). The third-order valence-electron chi connectivity index (χ3n) is 3.35. The molecule has 0 unspecified atom stereocenters. The zero-order valence-corrected chi connectivity index (χ0v) is 12.6. The number of aromatic carboxylic acids is 1. The molecule has 0 fully saturated rings. The predicted molar refractivity (Wildman–Crippen MR) is 83.5 cm³/mol. The van der Waals surface area contributed by atoms with Crippen LogP contribution in [0, 0.1) is 0 Å². The minimum atomic E-state index is -1.02. The van der Waals surface area contributed by atoms with Crippen molar-refractivity contribution in [3.05, 3.63) is 54.2 Å². The van der Waals surface area contributed by atoms with Crippen molar-refractivity contribution in [3.63, 3.8) is 0 Å². The Kier molecular flexibility index (Phi) is 3.98. The van der Waals surface area contributed by atoms with Crippen LogP contribution in [0.1, 0.15) is 36.8 Å². The highest BCUT2D eigenvalue weighted by Gasteiger charge is 2.16. The molecule has 0 aliphatic carbocycles. The molecule has 110 valence electrons. The van der Waals surface area contributed by atoms with Crippen LogP contribution in [0.25, 0.3) is 11.3 Å². The lowest BCUT2D eigenvalue weighted by Crippen LogP contribution is -2.10. The van der Waals surface area contributed by atoms with Crippen molar-refractivity contribution in [2.45, 2.75) is 32.7 Å². The molecule has 0 amide bonds. The molecule has 1 aromatic heterocycles. The van der Waals surface area contributed by atoms with Crippen LogP contribution in [0.5, 0.6) is 0 Å². The largest absolute Gasteiger partial charge is 0.476 e. The first-order valence-electron chi connectivity index (χ1n) is 6.86. The summed E-state index contributed by atoms with van der Waals surface area (Å²) in [6, 6.07) is 9.74. The van der Waals surface area contributed by atoms with Gasteiger partial charge in [0.05, 0.1) is 12.2 Å². The normalized spacial score (nSPS) is 11.4. The van der Waals surface area contributed by atoms with Crippen molar-refractivity contribution in [1.82, 2.24) is 9.78 Å². The van der Waals surface area contributed by atoms with Crippen molar-refractivity contribution in [3.8, 4) is 11.3 Å². The van der Waals surface area contributed by atoms with Crippen molar-refractivity contribution < 1.29 is 9.90 Å². The Morgan fingerprint density at radius 2 is 1.95 bits per heavy atom. The van der Waals surface area contributed by atoms with Crippen molar-refractivity contribution >= 4 is 5.97 Å². The minimum Gasteiger partial charge on any atom is -0.476 e. The maximum Gasteiger partial charge on any atom is 0.356 e. The molecule has 2 aromatic rings. The Morgan fingerprint density at radius 1 is 1.33 bits per heavy atom. The highest BCUT2D eigenvalue weighted by molar-refractivity contribution is 5.87. The van der Waals surface area contributed by atoms with Gasteiger partial charge >= 0.3 is 5.97 Å². The molecule has 2 rings (SSSR count). The number of carboxylic acids is 1.